The number of allylic oxidation sites excluding steroid dienone is 2. The first-order chi connectivity index (χ1) is 7.24. The van der Waals surface area contributed by atoms with Gasteiger partial charge in [0.1, 0.15) is 0 Å². The molecule has 2 aliphatic rings. The SMILES string of the molecule is CC1=NC(NC2C=CC=CC2)=NC(C)C1. The number of aliphatic imine (C=N–C) groups is 2. The van der Waals surface area contributed by atoms with Crippen LogP contribution in [0.25, 0.3) is 0 Å². The first kappa shape index (κ1) is 10.1. The summed E-state index contributed by atoms with van der Waals surface area (Å²) in [5, 5.41) is 3.34. The third-order valence-electron chi connectivity index (χ3n) is 2.53. The zero-order valence-electron chi connectivity index (χ0n) is 9.27. The van der Waals surface area contributed by atoms with Crippen molar-refractivity contribution in [1.82, 2.24) is 5.32 Å². The Morgan fingerprint density at radius 2 is 2.27 bits per heavy atom. The lowest BCUT2D eigenvalue weighted by Gasteiger charge is -2.20. The molecule has 0 aromatic rings. The van der Waals surface area contributed by atoms with E-state index in [-0.39, 0.29) is 0 Å². The van der Waals surface area contributed by atoms with Crippen LogP contribution in [0.4, 0.5) is 0 Å². The summed E-state index contributed by atoms with van der Waals surface area (Å²) in [6.45, 7) is 4.18. The Hall–Kier alpha value is -1.38. The topological polar surface area (TPSA) is 36.8 Å². The molecule has 0 radical (unpaired) electrons. The maximum Gasteiger partial charge on any atom is 0.218 e. The minimum Gasteiger partial charge on any atom is -0.348 e. The van der Waals surface area contributed by atoms with E-state index in [0.717, 1.165) is 24.5 Å². The first-order valence-corrected chi connectivity index (χ1v) is 5.46. The maximum atomic E-state index is 4.49. The van der Waals surface area contributed by atoms with Crippen LogP contribution in [0, 0.1) is 0 Å². The Kier molecular flexibility index (Phi) is 2.99. The van der Waals surface area contributed by atoms with E-state index in [1.807, 2.05) is 0 Å². The van der Waals surface area contributed by atoms with Gasteiger partial charge in [-0.2, -0.15) is 0 Å². The summed E-state index contributed by atoms with van der Waals surface area (Å²) < 4.78 is 0. The van der Waals surface area contributed by atoms with Crippen molar-refractivity contribution in [3.63, 3.8) is 0 Å². The highest BCUT2D eigenvalue weighted by Crippen LogP contribution is 2.08. The smallest absolute Gasteiger partial charge is 0.218 e. The Morgan fingerprint density at radius 3 is 2.93 bits per heavy atom. The molecule has 1 aliphatic carbocycles. The maximum absolute atomic E-state index is 4.49. The van der Waals surface area contributed by atoms with E-state index in [2.05, 4.69) is 53.5 Å². The highest BCUT2D eigenvalue weighted by atomic mass is 15.2. The van der Waals surface area contributed by atoms with E-state index < -0.39 is 0 Å². The first-order valence-electron chi connectivity index (χ1n) is 5.46. The summed E-state index contributed by atoms with van der Waals surface area (Å²) in [6, 6.07) is 0.698. The van der Waals surface area contributed by atoms with E-state index in [1.54, 1.807) is 0 Å². The summed E-state index contributed by atoms with van der Waals surface area (Å²) in [7, 11) is 0. The zero-order chi connectivity index (χ0) is 10.7. The van der Waals surface area contributed by atoms with Crippen molar-refractivity contribution in [2.75, 3.05) is 0 Å². The fraction of sp³-hybridized carbons (Fsp3) is 0.500. The lowest BCUT2D eigenvalue weighted by Crippen LogP contribution is -2.35. The largest absolute Gasteiger partial charge is 0.348 e. The number of hydrogen-bond acceptors (Lipinski definition) is 3. The van der Waals surface area contributed by atoms with Crippen LogP contribution in [0.3, 0.4) is 0 Å². The van der Waals surface area contributed by atoms with Crippen molar-refractivity contribution >= 4 is 11.7 Å². The molecule has 0 aromatic carbocycles. The van der Waals surface area contributed by atoms with Gasteiger partial charge in [-0.15, -0.1) is 0 Å². The molecule has 0 fully saturated rings. The van der Waals surface area contributed by atoms with E-state index >= 15 is 0 Å². The van der Waals surface area contributed by atoms with Gasteiger partial charge < -0.3 is 5.32 Å². The van der Waals surface area contributed by atoms with Crippen molar-refractivity contribution in [3.8, 4) is 0 Å². The van der Waals surface area contributed by atoms with Gasteiger partial charge in [-0.1, -0.05) is 24.3 Å². The van der Waals surface area contributed by atoms with Gasteiger partial charge in [0.05, 0.1) is 12.1 Å². The fourth-order valence-corrected chi connectivity index (χ4v) is 1.86. The van der Waals surface area contributed by atoms with Crippen LogP contribution in [-0.4, -0.2) is 23.8 Å². The van der Waals surface area contributed by atoms with Gasteiger partial charge in [0.2, 0.25) is 5.96 Å². The van der Waals surface area contributed by atoms with Gasteiger partial charge in [0, 0.05) is 12.1 Å². The summed E-state index contributed by atoms with van der Waals surface area (Å²) in [5.74, 6) is 0.788. The summed E-state index contributed by atoms with van der Waals surface area (Å²) in [5.41, 5.74) is 1.16. The van der Waals surface area contributed by atoms with E-state index in [4.69, 9.17) is 0 Å². The predicted octanol–water partition coefficient (Wildman–Crippen LogP) is 2.07. The standard InChI is InChI=1S/C12H17N3/c1-9-8-10(2)14-12(13-9)15-11-6-4-3-5-7-11/h3-6,9,11H,7-8H2,1-2H3,(H,13,15). The average Bonchev–Trinajstić information content (AvgIpc) is 2.17. The molecule has 0 saturated carbocycles. The molecule has 1 N–H and O–H groups in total. The minimum absolute atomic E-state index is 0.343. The molecule has 2 unspecified atom stereocenters. The van der Waals surface area contributed by atoms with E-state index in [9.17, 15) is 0 Å². The predicted molar refractivity (Wildman–Crippen MR) is 64.4 cm³/mol. The summed E-state index contributed by atoms with van der Waals surface area (Å²) in [4.78, 5) is 8.91. The molecule has 1 aliphatic heterocycles. The normalized spacial score (nSPS) is 29.7. The molecule has 0 saturated heterocycles. The van der Waals surface area contributed by atoms with E-state index in [1.165, 1.54) is 0 Å². The Morgan fingerprint density at radius 1 is 1.40 bits per heavy atom. The molecule has 3 heteroatoms. The zero-order valence-corrected chi connectivity index (χ0v) is 9.27. The number of nitrogens with zero attached hydrogens (tertiary/aromatic N) is 2. The monoisotopic (exact) mass is 203 g/mol. The number of nitrogens with one attached hydrogen (secondary N) is 1. The van der Waals surface area contributed by atoms with Gasteiger partial charge in [-0.3, -0.25) is 0 Å². The van der Waals surface area contributed by atoms with Gasteiger partial charge >= 0.3 is 0 Å². The number of guanidine groups is 1. The van der Waals surface area contributed by atoms with Crippen molar-refractivity contribution < 1.29 is 0 Å². The van der Waals surface area contributed by atoms with Crippen LogP contribution in [-0.2, 0) is 0 Å². The Bertz CT molecular complexity index is 350. The molecule has 2 atom stereocenters. The third-order valence-corrected chi connectivity index (χ3v) is 2.53. The number of hydrogen-bond donors (Lipinski definition) is 1. The van der Waals surface area contributed by atoms with Gasteiger partial charge in [0.25, 0.3) is 0 Å². The molecule has 0 bridgehead atoms. The number of rotatable bonds is 1. The van der Waals surface area contributed by atoms with Crippen molar-refractivity contribution in [1.29, 1.82) is 0 Å². The third kappa shape index (κ3) is 2.78. The Labute approximate surface area is 90.7 Å². The van der Waals surface area contributed by atoms with Crippen LogP contribution in [0.15, 0.2) is 34.3 Å². The van der Waals surface area contributed by atoms with Crippen molar-refractivity contribution in [2.45, 2.75) is 38.8 Å². The van der Waals surface area contributed by atoms with Crippen LogP contribution < -0.4 is 5.32 Å². The molecule has 80 valence electrons. The highest BCUT2D eigenvalue weighted by molar-refractivity contribution is 5.98. The molecule has 3 nitrogen and oxygen atoms in total. The van der Waals surface area contributed by atoms with Crippen molar-refractivity contribution in [2.24, 2.45) is 9.98 Å². The molecular formula is C12H17N3. The second-order valence-electron chi connectivity index (χ2n) is 4.15. The lowest BCUT2D eigenvalue weighted by atomic mass is 10.1. The highest BCUT2D eigenvalue weighted by Gasteiger charge is 2.13. The van der Waals surface area contributed by atoms with Gasteiger partial charge in [0.15, 0.2) is 0 Å². The molecule has 1 heterocycles. The van der Waals surface area contributed by atoms with Gasteiger partial charge in [-0.05, 0) is 20.3 Å². The second kappa shape index (κ2) is 4.43. The summed E-state index contributed by atoms with van der Waals surface area (Å²) in [6.07, 6.45) is 10.4. The Balaban J connectivity index is 1.99. The molecule has 2 rings (SSSR count). The molecule has 0 aromatic heterocycles. The van der Waals surface area contributed by atoms with Crippen LogP contribution in [0.2, 0.25) is 0 Å². The average molecular weight is 203 g/mol. The van der Waals surface area contributed by atoms with Crippen LogP contribution >= 0.6 is 0 Å². The fourth-order valence-electron chi connectivity index (χ4n) is 1.86. The lowest BCUT2D eigenvalue weighted by molar-refractivity contribution is 0.697. The molecular weight excluding hydrogens is 186 g/mol. The quantitative estimate of drug-likeness (QED) is 0.696. The van der Waals surface area contributed by atoms with Crippen LogP contribution in [0.1, 0.15) is 26.7 Å². The minimum atomic E-state index is 0.343. The molecule has 15 heavy (non-hydrogen) atoms. The van der Waals surface area contributed by atoms with Gasteiger partial charge in [-0.25, -0.2) is 9.98 Å². The molecule has 0 amide bonds. The van der Waals surface area contributed by atoms with E-state index in [0.29, 0.717) is 12.1 Å². The van der Waals surface area contributed by atoms with Crippen molar-refractivity contribution in [3.05, 3.63) is 24.3 Å². The summed E-state index contributed by atoms with van der Waals surface area (Å²) >= 11 is 0. The second-order valence-corrected chi connectivity index (χ2v) is 4.15. The molecule has 0 spiro atoms. The van der Waals surface area contributed by atoms with Crippen LogP contribution in [0.5, 0.6) is 0 Å².